The first-order chi connectivity index (χ1) is 12.5. The van der Waals surface area contributed by atoms with Gasteiger partial charge < -0.3 is 9.47 Å². The van der Waals surface area contributed by atoms with Crippen molar-refractivity contribution < 1.29 is 18.3 Å². The Morgan fingerprint density at radius 2 is 1.19 bits per heavy atom. The number of halogens is 4. The molecule has 0 aromatic heterocycles. The average Bonchev–Trinajstić information content (AvgIpc) is 2.61. The fourth-order valence-corrected chi connectivity index (χ4v) is 4.23. The molecule has 0 saturated heterocycles. The molecule has 0 N–H and O–H groups in total. The quantitative estimate of drug-likeness (QED) is 0.446. The maximum atomic E-state index is 13.2. The van der Waals surface area contributed by atoms with E-state index in [1.807, 2.05) is 0 Å². The summed E-state index contributed by atoms with van der Waals surface area (Å²) in [6.45, 7) is 1.14. The summed E-state index contributed by atoms with van der Waals surface area (Å²) in [5.74, 6) is 1.46. The first-order valence-corrected chi connectivity index (χ1v) is 10.3. The second-order valence-corrected chi connectivity index (χ2v) is 8.28. The van der Waals surface area contributed by atoms with Gasteiger partial charge in [0.05, 0.1) is 22.2 Å². The molecule has 0 aliphatic heterocycles. The molecule has 1 saturated carbocycles. The van der Waals surface area contributed by atoms with Crippen LogP contribution in [0.4, 0.5) is 8.78 Å². The van der Waals surface area contributed by atoms with Crippen LogP contribution in [0.1, 0.15) is 25.7 Å². The van der Waals surface area contributed by atoms with Crippen LogP contribution in [0.15, 0.2) is 45.3 Å². The van der Waals surface area contributed by atoms with Gasteiger partial charge in [0.2, 0.25) is 0 Å². The second-order valence-electron chi connectivity index (χ2n) is 6.58. The van der Waals surface area contributed by atoms with Crippen molar-refractivity contribution in [1.29, 1.82) is 0 Å². The normalized spacial score (nSPS) is 20.0. The molecule has 1 fully saturated rings. The van der Waals surface area contributed by atoms with Crippen molar-refractivity contribution in [2.24, 2.45) is 11.8 Å². The molecule has 3 rings (SSSR count). The van der Waals surface area contributed by atoms with Gasteiger partial charge in [-0.15, -0.1) is 0 Å². The number of rotatable bonds is 6. The Morgan fingerprint density at radius 1 is 0.769 bits per heavy atom. The Balaban J connectivity index is 1.58. The summed E-state index contributed by atoms with van der Waals surface area (Å²) in [7, 11) is 0. The first kappa shape index (κ1) is 19.6. The van der Waals surface area contributed by atoms with Crippen molar-refractivity contribution >= 4 is 31.9 Å². The van der Waals surface area contributed by atoms with Crippen molar-refractivity contribution in [3.8, 4) is 11.5 Å². The summed E-state index contributed by atoms with van der Waals surface area (Å²) in [5, 5.41) is 0. The third kappa shape index (κ3) is 5.19. The Kier molecular flexibility index (Phi) is 6.92. The Hall–Kier alpha value is -1.14. The van der Waals surface area contributed by atoms with Crippen LogP contribution in [0.5, 0.6) is 11.5 Å². The maximum absolute atomic E-state index is 13.2. The van der Waals surface area contributed by atoms with Crippen LogP contribution < -0.4 is 9.47 Å². The number of ether oxygens (including phenoxy) is 2. The zero-order chi connectivity index (χ0) is 18.5. The zero-order valence-electron chi connectivity index (χ0n) is 14.2. The smallest absolute Gasteiger partial charge is 0.133 e. The van der Waals surface area contributed by atoms with E-state index in [4.69, 9.17) is 9.47 Å². The van der Waals surface area contributed by atoms with Crippen LogP contribution in [0.3, 0.4) is 0 Å². The molecule has 0 spiro atoms. The van der Waals surface area contributed by atoms with Gasteiger partial charge in [-0.25, -0.2) is 8.78 Å². The highest BCUT2D eigenvalue weighted by atomic mass is 79.9. The van der Waals surface area contributed by atoms with Crippen LogP contribution in [-0.2, 0) is 0 Å². The van der Waals surface area contributed by atoms with Crippen molar-refractivity contribution in [1.82, 2.24) is 0 Å². The molecule has 0 bridgehead atoms. The molecule has 0 heterocycles. The number of benzene rings is 2. The van der Waals surface area contributed by atoms with Crippen LogP contribution in [0.2, 0.25) is 0 Å². The Bertz CT molecular complexity index is 691. The number of hydrogen-bond acceptors (Lipinski definition) is 2. The van der Waals surface area contributed by atoms with Crippen LogP contribution in [-0.4, -0.2) is 13.2 Å². The van der Waals surface area contributed by atoms with E-state index < -0.39 is 0 Å². The average molecular weight is 490 g/mol. The van der Waals surface area contributed by atoms with Gasteiger partial charge in [0.25, 0.3) is 0 Å². The van der Waals surface area contributed by atoms with E-state index in [-0.39, 0.29) is 11.6 Å². The lowest BCUT2D eigenvalue weighted by Gasteiger charge is -2.31. The molecule has 2 aromatic carbocycles. The molecule has 0 radical (unpaired) electrons. The van der Waals surface area contributed by atoms with Gasteiger partial charge >= 0.3 is 0 Å². The predicted octanol–water partition coefficient (Wildman–Crippen LogP) is 6.75. The third-order valence-corrected chi connectivity index (χ3v) is 6.00. The van der Waals surface area contributed by atoms with Crippen molar-refractivity contribution in [2.75, 3.05) is 13.2 Å². The van der Waals surface area contributed by atoms with Gasteiger partial charge in [-0.3, -0.25) is 0 Å². The number of hydrogen-bond donors (Lipinski definition) is 0. The van der Waals surface area contributed by atoms with E-state index in [2.05, 4.69) is 31.9 Å². The third-order valence-electron chi connectivity index (χ3n) is 4.76. The molecule has 6 heteroatoms. The topological polar surface area (TPSA) is 18.5 Å². The lowest BCUT2D eigenvalue weighted by atomic mass is 9.80. The summed E-state index contributed by atoms with van der Waals surface area (Å²) in [4.78, 5) is 0. The van der Waals surface area contributed by atoms with Gasteiger partial charge in [0, 0.05) is 0 Å². The highest BCUT2D eigenvalue weighted by Crippen LogP contribution is 2.34. The van der Waals surface area contributed by atoms with Crippen molar-refractivity contribution in [2.45, 2.75) is 25.7 Å². The monoisotopic (exact) mass is 488 g/mol. The van der Waals surface area contributed by atoms with Gasteiger partial charge in [0.1, 0.15) is 23.1 Å². The SMILES string of the molecule is Fc1ccc(OC[C@@H]2CCCC[C@H]2COc2ccc(F)cc2Br)c(Br)c1. The summed E-state index contributed by atoms with van der Waals surface area (Å²) in [6, 6.07) is 8.89. The van der Waals surface area contributed by atoms with E-state index in [1.54, 1.807) is 12.1 Å². The van der Waals surface area contributed by atoms with Crippen molar-refractivity contribution in [3.63, 3.8) is 0 Å². The van der Waals surface area contributed by atoms with E-state index >= 15 is 0 Å². The van der Waals surface area contributed by atoms with Crippen LogP contribution in [0.25, 0.3) is 0 Å². The molecule has 1 aliphatic rings. The van der Waals surface area contributed by atoms with Gasteiger partial charge in [0.15, 0.2) is 0 Å². The minimum atomic E-state index is -0.293. The minimum absolute atomic E-state index is 0.293. The lowest BCUT2D eigenvalue weighted by Crippen LogP contribution is -2.29. The maximum Gasteiger partial charge on any atom is 0.133 e. The molecule has 2 nitrogen and oxygen atoms in total. The molecule has 26 heavy (non-hydrogen) atoms. The lowest BCUT2D eigenvalue weighted by molar-refractivity contribution is 0.104. The molecule has 140 valence electrons. The largest absolute Gasteiger partial charge is 0.492 e. The Morgan fingerprint density at radius 3 is 1.58 bits per heavy atom. The first-order valence-electron chi connectivity index (χ1n) is 8.68. The highest BCUT2D eigenvalue weighted by molar-refractivity contribution is 9.10. The molecule has 0 amide bonds. The fourth-order valence-electron chi connectivity index (χ4n) is 3.30. The van der Waals surface area contributed by atoms with E-state index in [0.717, 1.165) is 12.8 Å². The standard InChI is InChI=1S/C20H20Br2F2O2/c21-17-9-15(23)5-7-19(17)25-11-13-3-1-2-4-14(13)12-26-20-8-6-16(24)10-18(20)22/h5-10,13-14H,1-4,11-12H2/t13-,14-/m0/s1. The summed E-state index contributed by atoms with van der Waals surface area (Å²) in [6.07, 6.45) is 4.51. The molecule has 0 unspecified atom stereocenters. The zero-order valence-corrected chi connectivity index (χ0v) is 17.4. The van der Waals surface area contributed by atoms with Crippen molar-refractivity contribution in [3.05, 3.63) is 57.0 Å². The van der Waals surface area contributed by atoms with E-state index in [9.17, 15) is 8.78 Å². The summed E-state index contributed by atoms with van der Waals surface area (Å²) < 4.78 is 39.5. The molecular formula is C20H20Br2F2O2. The van der Waals surface area contributed by atoms with Crippen LogP contribution in [0, 0.1) is 23.5 Å². The molecule has 2 aromatic rings. The van der Waals surface area contributed by atoms with Crippen LogP contribution >= 0.6 is 31.9 Å². The minimum Gasteiger partial charge on any atom is -0.492 e. The molecule has 1 aliphatic carbocycles. The Labute approximate surface area is 169 Å². The van der Waals surface area contributed by atoms with E-state index in [0.29, 0.717) is 45.5 Å². The predicted molar refractivity (Wildman–Crippen MR) is 105 cm³/mol. The molecule has 2 atom stereocenters. The van der Waals surface area contributed by atoms with Gasteiger partial charge in [-0.1, -0.05) is 12.8 Å². The van der Waals surface area contributed by atoms with E-state index in [1.165, 1.54) is 37.1 Å². The highest BCUT2D eigenvalue weighted by Gasteiger charge is 2.27. The second kappa shape index (κ2) is 9.18. The molecular weight excluding hydrogens is 470 g/mol. The fraction of sp³-hybridized carbons (Fsp3) is 0.400. The summed E-state index contributed by atoms with van der Waals surface area (Å²) >= 11 is 6.67. The van der Waals surface area contributed by atoms with Gasteiger partial charge in [-0.2, -0.15) is 0 Å². The van der Waals surface area contributed by atoms with Gasteiger partial charge in [-0.05, 0) is 92.9 Å². The summed E-state index contributed by atoms with van der Waals surface area (Å²) in [5.41, 5.74) is 0.